The molecule has 0 bridgehead atoms. The minimum absolute atomic E-state index is 0.113. The van der Waals surface area contributed by atoms with Crippen molar-refractivity contribution in [2.75, 3.05) is 0 Å². The first-order valence-electron chi connectivity index (χ1n) is 6.38. The Kier molecular flexibility index (Phi) is 8.21. The topological polar surface area (TPSA) is 66.5 Å². The average Bonchev–Trinajstić information content (AvgIpc) is 2.14. The molecule has 17 heavy (non-hydrogen) atoms. The predicted octanol–water partition coefficient (Wildman–Crippen LogP) is 2.01. The van der Waals surface area contributed by atoms with Gasteiger partial charge in [0.2, 0.25) is 0 Å². The fourth-order valence-corrected chi connectivity index (χ4v) is 2.28. The highest BCUT2D eigenvalue weighted by Gasteiger charge is 2.27. The summed E-state index contributed by atoms with van der Waals surface area (Å²) >= 11 is 5.30. The van der Waals surface area contributed by atoms with Gasteiger partial charge in [-0.25, -0.2) is 0 Å². The molecule has 5 heteroatoms. The van der Waals surface area contributed by atoms with Crippen molar-refractivity contribution in [2.45, 2.75) is 58.8 Å². The lowest BCUT2D eigenvalue weighted by molar-refractivity contribution is 0.368. The molecule has 0 saturated heterocycles. The largest absolute Gasteiger partial charge is 0.455 e. The maximum absolute atomic E-state index is 9.33. The molecule has 2 atom stereocenters. The highest BCUT2D eigenvalue weighted by Crippen LogP contribution is 2.24. The summed E-state index contributed by atoms with van der Waals surface area (Å²) in [5.41, 5.74) is 5.99. The van der Waals surface area contributed by atoms with Crippen LogP contribution in [0.1, 0.15) is 47.0 Å². The molecule has 0 saturated carbocycles. The van der Waals surface area contributed by atoms with Crippen LogP contribution < -0.4 is 5.73 Å². The van der Waals surface area contributed by atoms with Crippen LogP contribution in [0.5, 0.6) is 0 Å². The molecule has 0 aliphatic heterocycles. The standard InChI is InChI=1S/C12H26BNO2S/c1-8(2)5-10(13(15)16)7-12(17)11(14)6-9(3)4/h8-11,15-16H,5-7,14H2,1-4H3/t10-,11+/m1/s1. The van der Waals surface area contributed by atoms with Gasteiger partial charge in [0.15, 0.2) is 0 Å². The van der Waals surface area contributed by atoms with Crippen LogP contribution in [-0.2, 0) is 0 Å². The van der Waals surface area contributed by atoms with Crippen LogP contribution in [0.4, 0.5) is 0 Å². The quantitative estimate of drug-likeness (QED) is 0.461. The molecule has 0 fully saturated rings. The molecular formula is C12H26BNO2S. The first-order valence-corrected chi connectivity index (χ1v) is 6.79. The van der Waals surface area contributed by atoms with Crippen molar-refractivity contribution in [3.8, 4) is 0 Å². The molecule has 0 aromatic rings. The molecule has 0 aliphatic rings. The van der Waals surface area contributed by atoms with Crippen LogP contribution in [0.15, 0.2) is 0 Å². The lowest BCUT2D eigenvalue weighted by Crippen LogP contribution is -2.34. The summed E-state index contributed by atoms with van der Waals surface area (Å²) in [7, 11) is -1.30. The van der Waals surface area contributed by atoms with Gasteiger partial charge >= 0.3 is 7.12 Å². The van der Waals surface area contributed by atoms with Crippen LogP contribution in [0.25, 0.3) is 0 Å². The molecule has 3 nitrogen and oxygen atoms in total. The van der Waals surface area contributed by atoms with E-state index in [1.807, 2.05) is 0 Å². The first kappa shape index (κ1) is 17.0. The fraction of sp³-hybridized carbons (Fsp3) is 0.917. The Morgan fingerprint density at radius 2 is 1.59 bits per heavy atom. The minimum Gasteiger partial charge on any atom is -0.427 e. The van der Waals surface area contributed by atoms with Crippen molar-refractivity contribution >= 4 is 24.2 Å². The highest BCUT2D eigenvalue weighted by molar-refractivity contribution is 7.80. The van der Waals surface area contributed by atoms with E-state index in [0.717, 1.165) is 17.7 Å². The van der Waals surface area contributed by atoms with Gasteiger partial charge in [-0.1, -0.05) is 39.9 Å². The maximum atomic E-state index is 9.33. The Bertz CT molecular complexity index is 235. The lowest BCUT2D eigenvalue weighted by Gasteiger charge is -2.22. The lowest BCUT2D eigenvalue weighted by atomic mass is 9.66. The molecule has 0 rings (SSSR count). The number of hydrogen-bond acceptors (Lipinski definition) is 4. The van der Waals surface area contributed by atoms with E-state index in [0.29, 0.717) is 18.3 Å². The van der Waals surface area contributed by atoms with Crippen molar-refractivity contribution in [1.29, 1.82) is 0 Å². The molecule has 0 aromatic heterocycles. The molecular weight excluding hydrogens is 233 g/mol. The smallest absolute Gasteiger partial charge is 0.427 e. The minimum atomic E-state index is -1.30. The van der Waals surface area contributed by atoms with Crippen molar-refractivity contribution in [3.05, 3.63) is 0 Å². The summed E-state index contributed by atoms with van der Waals surface area (Å²) in [6.07, 6.45) is 2.14. The second-order valence-corrected chi connectivity index (χ2v) is 6.23. The van der Waals surface area contributed by atoms with Crippen molar-refractivity contribution in [3.63, 3.8) is 0 Å². The maximum Gasteiger partial charge on any atom is 0.455 e. The number of nitrogens with two attached hydrogens (primary N) is 1. The van der Waals surface area contributed by atoms with Crippen molar-refractivity contribution in [2.24, 2.45) is 17.6 Å². The summed E-state index contributed by atoms with van der Waals surface area (Å²) in [6.45, 7) is 8.34. The summed E-state index contributed by atoms with van der Waals surface area (Å²) < 4.78 is 0. The van der Waals surface area contributed by atoms with E-state index in [1.54, 1.807) is 0 Å². The van der Waals surface area contributed by atoms with E-state index >= 15 is 0 Å². The van der Waals surface area contributed by atoms with E-state index in [-0.39, 0.29) is 11.9 Å². The molecule has 0 amide bonds. The Labute approximate surface area is 111 Å². The molecule has 0 heterocycles. The van der Waals surface area contributed by atoms with Gasteiger partial charge in [-0.2, -0.15) is 0 Å². The van der Waals surface area contributed by atoms with Gasteiger partial charge in [0.25, 0.3) is 0 Å². The normalized spacial score (nSPS) is 15.1. The van der Waals surface area contributed by atoms with Crippen LogP contribution in [0.3, 0.4) is 0 Å². The molecule has 0 aliphatic carbocycles. The Balaban J connectivity index is 4.29. The third kappa shape index (κ3) is 7.87. The van der Waals surface area contributed by atoms with Gasteiger partial charge in [-0.3, -0.25) is 0 Å². The van der Waals surface area contributed by atoms with Crippen molar-refractivity contribution < 1.29 is 10.0 Å². The van der Waals surface area contributed by atoms with Gasteiger partial charge in [0.05, 0.1) is 0 Å². The average molecular weight is 259 g/mol. The second kappa shape index (κ2) is 8.19. The molecule has 100 valence electrons. The zero-order chi connectivity index (χ0) is 13.6. The van der Waals surface area contributed by atoms with Crippen LogP contribution in [-0.4, -0.2) is 28.1 Å². The number of hydrogen-bond donors (Lipinski definition) is 3. The second-order valence-electron chi connectivity index (χ2n) is 5.71. The Morgan fingerprint density at radius 1 is 1.12 bits per heavy atom. The van der Waals surface area contributed by atoms with Gasteiger partial charge < -0.3 is 15.8 Å². The van der Waals surface area contributed by atoms with E-state index in [9.17, 15) is 10.0 Å². The Morgan fingerprint density at radius 3 is 1.94 bits per heavy atom. The third-order valence-corrected chi connectivity index (χ3v) is 3.27. The van der Waals surface area contributed by atoms with E-state index < -0.39 is 7.12 Å². The summed E-state index contributed by atoms with van der Waals surface area (Å²) in [5.74, 6) is 0.734. The Hall–Kier alpha value is 0.0349. The van der Waals surface area contributed by atoms with Crippen LogP contribution in [0.2, 0.25) is 5.82 Å². The van der Waals surface area contributed by atoms with Gasteiger partial charge in [-0.15, -0.1) is 0 Å². The van der Waals surface area contributed by atoms with Gasteiger partial charge in [0, 0.05) is 10.9 Å². The van der Waals surface area contributed by atoms with Crippen molar-refractivity contribution in [1.82, 2.24) is 0 Å². The van der Waals surface area contributed by atoms with E-state index in [1.165, 1.54) is 0 Å². The first-order chi connectivity index (χ1) is 7.73. The SMILES string of the molecule is CC(C)C[C@H](CC(=S)[C@@H](N)CC(C)C)B(O)O. The molecule has 4 N–H and O–H groups in total. The van der Waals surface area contributed by atoms with Crippen LogP contribution >= 0.6 is 12.2 Å². The highest BCUT2D eigenvalue weighted by atomic mass is 32.1. The molecule has 0 spiro atoms. The molecule has 0 radical (unpaired) electrons. The molecule has 0 unspecified atom stereocenters. The fourth-order valence-electron chi connectivity index (χ4n) is 1.97. The van der Waals surface area contributed by atoms with E-state index in [4.69, 9.17) is 18.0 Å². The number of rotatable bonds is 8. The zero-order valence-electron chi connectivity index (χ0n) is 11.4. The van der Waals surface area contributed by atoms with E-state index in [2.05, 4.69) is 27.7 Å². The third-order valence-electron chi connectivity index (χ3n) is 2.80. The monoisotopic (exact) mass is 259 g/mol. The zero-order valence-corrected chi connectivity index (χ0v) is 12.2. The van der Waals surface area contributed by atoms with Gasteiger partial charge in [-0.05, 0) is 36.9 Å². The summed E-state index contributed by atoms with van der Waals surface area (Å²) in [6, 6.07) is -0.113. The summed E-state index contributed by atoms with van der Waals surface area (Å²) in [5, 5.41) is 18.7. The molecule has 0 aromatic carbocycles. The summed E-state index contributed by atoms with van der Waals surface area (Å²) in [4.78, 5) is 0.762. The number of thiocarbonyl (C=S) groups is 1. The predicted molar refractivity (Wildman–Crippen MR) is 78.0 cm³/mol. The van der Waals surface area contributed by atoms with Gasteiger partial charge in [0.1, 0.15) is 0 Å². The van der Waals surface area contributed by atoms with Crippen LogP contribution in [0, 0.1) is 11.8 Å².